The molecule has 0 heterocycles. The van der Waals surface area contributed by atoms with Gasteiger partial charge in [0, 0.05) is 0 Å². The molecule has 0 spiro atoms. The Morgan fingerprint density at radius 1 is 0.548 bits per heavy atom. The number of hydrogen-bond donors (Lipinski definition) is 0. The molecule has 2 atom stereocenters. The average Bonchev–Trinajstić information content (AvgIpc) is 2.71. The second-order valence-electron chi connectivity index (χ2n) is 12.4. The second kappa shape index (κ2) is 7.90. The van der Waals surface area contributed by atoms with Crippen LogP contribution in [0.5, 0.6) is 0 Å². The molecular formula is C28H42O3. The van der Waals surface area contributed by atoms with E-state index in [0.717, 1.165) is 47.3 Å². The Kier molecular flexibility index (Phi) is 5.30. The van der Waals surface area contributed by atoms with Gasteiger partial charge >= 0.3 is 0 Å². The largest absolute Gasteiger partial charge is 0.462 e. The van der Waals surface area contributed by atoms with E-state index in [1.165, 1.54) is 64.2 Å². The van der Waals surface area contributed by atoms with Crippen LogP contribution in [0.25, 0.3) is 0 Å². The van der Waals surface area contributed by atoms with Crippen molar-refractivity contribution in [2.75, 3.05) is 0 Å². The molecule has 0 saturated heterocycles. The molecule has 8 saturated carbocycles. The maximum atomic E-state index is 6.59. The Hall–Kier alpha value is -0.800. The lowest BCUT2D eigenvalue weighted by Crippen LogP contribution is -2.50. The van der Waals surface area contributed by atoms with Gasteiger partial charge in [-0.05, 0) is 125 Å². The molecule has 0 aromatic carbocycles. The van der Waals surface area contributed by atoms with Gasteiger partial charge < -0.3 is 14.2 Å². The topological polar surface area (TPSA) is 27.7 Å². The first kappa shape index (κ1) is 20.8. The molecule has 8 aliphatic rings. The Balaban J connectivity index is 1.01. The van der Waals surface area contributed by atoms with Gasteiger partial charge in [0.2, 0.25) is 0 Å². The van der Waals surface area contributed by atoms with Crippen molar-refractivity contribution >= 4 is 0 Å². The zero-order chi connectivity index (χ0) is 21.3. The second-order valence-corrected chi connectivity index (χ2v) is 12.4. The van der Waals surface area contributed by atoms with Gasteiger partial charge in [-0.3, -0.25) is 0 Å². The SMILES string of the molecule is C=C(OC(=C)C(C)OC1C2CC3CC(C2)CC1C3)C(C)OC1C2CC3CC(C2)CC1C3. The summed E-state index contributed by atoms with van der Waals surface area (Å²) >= 11 is 0. The van der Waals surface area contributed by atoms with E-state index in [1.807, 2.05) is 0 Å². The van der Waals surface area contributed by atoms with Crippen molar-refractivity contribution in [1.29, 1.82) is 0 Å². The van der Waals surface area contributed by atoms with Gasteiger partial charge in [-0.1, -0.05) is 13.2 Å². The first-order chi connectivity index (χ1) is 14.9. The fraction of sp³-hybridized carbons (Fsp3) is 0.857. The van der Waals surface area contributed by atoms with Gasteiger partial charge in [0.15, 0.2) is 0 Å². The molecule has 0 aromatic heterocycles. The van der Waals surface area contributed by atoms with E-state index in [4.69, 9.17) is 14.2 Å². The zero-order valence-electron chi connectivity index (χ0n) is 19.6. The lowest BCUT2D eigenvalue weighted by atomic mass is 9.55. The molecule has 0 amide bonds. The third kappa shape index (κ3) is 3.82. The van der Waals surface area contributed by atoms with Crippen LogP contribution in [-0.4, -0.2) is 24.4 Å². The van der Waals surface area contributed by atoms with Crippen molar-refractivity contribution in [3.63, 3.8) is 0 Å². The highest BCUT2D eigenvalue weighted by Gasteiger charge is 2.50. The maximum absolute atomic E-state index is 6.59. The molecule has 3 nitrogen and oxygen atoms in total. The molecule has 8 bridgehead atoms. The van der Waals surface area contributed by atoms with Crippen LogP contribution < -0.4 is 0 Å². The molecule has 0 N–H and O–H groups in total. The molecule has 2 unspecified atom stereocenters. The first-order valence-corrected chi connectivity index (χ1v) is 13.3. The summed E-state index contributed by atoms with van der Waals surface area (Å²) in [4.78, 5) is 0. The Labute approximate surface area is 189 Å². The standard InChI is InChI=1S/C28H42O3/c1-15(17(3)30-27-23-7-19-5-20(9-23)10-24(27)8-19)29-16(2)18(4)31-28-25-11-21-6-22(13-25)14-26(28)12-21/h17-28H,1-2,5-14H2,3-4H3. The summed E-state index contributed by atoms with van der Waals surface area (Å²) in [6.45, 7) is 12.6. The fourth-order valence-corrected chi connectivity index (χ4v) is 9.15. The normalized spacial score (nSPS) is 48.6. The lowest BCUT2D eigenvalue weighted by Gasteiger charge is -2.54. The molecule has 31 heavy (non-hydrogen) atoms. The van der Waals surface area contributed by atoms with Crippen LogP contribution in [0.15, 0.2) is 24.7 Å². The molecule has 0 aromatic rings. The summed E-state index contributed by atoms with van der Waals surface area (Å²) in [6, 6.07) is 0. The van der Waals surface area contributed by atoms with Crippen molar-refractivity contribution < 1.29 is 14.2 Å². The summed E-state index contributed by atoms with van der Waals surface area (Å²) in [5.74, 6) is 8.31. The summed E-state index contributed by atoms with van der Waals surface area (Å²) in [7, 11) is 0. The molecular weight excluding hydrogens is 384 g/mol. The van der Waals surface area contributed by atoms with Crippen LogP contribution in [0.1, 0.15) is 78.1 Å². The zero-order valence-corrected chi connectivity index (χ0v) is 19.6. The summed E-state index contributed by atoms with van der Waals surface area (Å²) < 4.78 is 19.3. The van der Waals surface area contributed by atoms with Crippen LogP contribution in [0, 0.1) is 47.3 Å². The van der Waals surface area contributed by atoms with Crippen molar-refractivity contribution in [3.8, 4) is 0 Å². The summed E-state index contributed by atoms with van der Waals surface area (Å²) in [6.07, 6.45) is 14.6. The Morgan fingerprint density at radius 2 is 0.839 bits per heavy atom. The van der Waals surface area contributed by atoms with Gasteiger partial charge in [0.25, 0.3) is 0 Å². The Bertz CT molecular complexity index is 610. The van der Waals surface area contributed by atoms with Crippen molar-refractivity contribution in [3.05, 3.63) is 24.7 Å². The van der Waals surface area contributed by atoms with Crippen LogP contribution in [0.3, 0.4) is 0 Å². The summed E-state index contributed by atoms with van der Waals surface area (Å²) in [5.41, 5.74) is 0. The smallest absolute Gasteiger partial charge is 0.125 e. The van der Waals surface area contributed by atoms with E-state index >= 15 is 0 Å². The van der Waals surface area contributed by atoms with Gasteiger partial charge in [-0.25, -0.2) is 0 Å². The minimum absolute atomic E-state index is 0.0901. The van der Waals surface area contributed by atoms with Crippen LogP contribution in [-0.2, 0) is 14.2 Å². The molecule has 8 rings (SSSR count). The molecule has 0 aliphatic heterocycles. The molecule has 8 fully saturated rings. The van der Waals surface area contributed by atoms with E-state index in [2.05, 4.69) is 27.0 Å². The first-order valence-electron chi connectivity index (χ1n) is 13.3. The van der Waals surface area contributed by atoms with Gasteiger partial charge in [-0.15, -0.1) is 0 Å². The monoisotopic (exact) mass is 426 g/mol. The van der Waals surface area contributed by atoms with E-state index in [-0.39, 0.29) is 12.2 Å². The number of ether oxygens (including phenoxy) is 3. The number of rotatable bonds is 8. The third-order valence-corrected chi connectivity index (χ3v) is 10.2. The Morgan fingerprint density at radius 3 is 1.13 bits per heavy atom. The van der Waals surface area contributed by atoms with Gasteiger partial charge in [0.05, 0.1) is 12.2 Å². The molecule has 8 aliphatic carbocycles. The fourth-order valence-electron chi connectivity index (χ4n) is 9.15. The van der Waals surface area contributed by atoms with Crippen LogP contribution in [0.2, 0.25) is 0 Å². The minimum atomic E-state index is -0.0901. The van der Waals surface area contributed by atoms with Crippen molar-refractivity contribution in [2.24, 2.45) is 47.3 Å². The van der Waals surface area contributed by atoms with E-state index in [0.29, 0.717) is 23.7 Å². The van der Waals surface area contributed by atoms with Gasteiger partial charge in [0.1, 0.15) is 23.7 Å². The van der Waals surface area contributed by atoms with E-state index in [1.54, 1.807) is 0 Å². The summed E-state index contributed by atoms with van der Waals surface area (Å²) in [5, 5.41) is 0. The highest BCUT2D eigenvalue weighted by molar-refractivity contribution is 5.05. The quantitative estimate of drug-likeness (QED) is 0.415. The maximum Gasteiger partial charge on any atom is 0.125 e. The van der Waals surface area contributed by atoms with Crippen molar-refractivity contribution in [2.45, 2.75) is 102 Å². The van der Waals surface area contributed by atoms with Crippen LogP contribution in [0.4, 0.5) is 0 Å². The number of hydrogen-bond acceptors (Lipinski definition) is 3. The highest BCUT2D eigenvalue weighted by Crippen LogP contribution is 2.56. The van der Waals surface area contributed by atoms with E-state index in [9.17, 15) is 0 Å². The third-order valence-electron chi connectivity index (χ3n) is 10.2. The molecule has 3 heteroatoms. The van der Waals surface area contributed by atoms with Crippen molar-refractivity contribution in [1.82, 2.24) is 0 Å². The predicted molar refractivity (Wildman–Crippen MR) is 122 cm³/mol. The lowest BCUT2D eigenvalue weighted by molar-refractivity contribution is -0.153. The van der Waals surface area contributed by atoms with Gasteiger partial charge in [-0.2, -0.15) is 0 Å². The predicted octanol–water partition coefficient (Wildman–Crippen LogP) is 6.49. The molecule has 0 radical (unpaired) electrons. The van der Waals surface area contributed by atoms with Crippen LogP contribution >= 0.6 is 0 Å². The highest BCUT2D eigenvalue weighted by atomic mass is 16.6. The minimum Gasteiger partial charge on any atom is -0.462 e. The average molecular weight is 427 g/mol. The molecule has 172 valence electrons. The van der Waals surface area contributed by atoms with E-state index < -0.39 is 0 Å².